The second-order valence-electron chi connectivity index (χ2n) is 6.77. The number of sulfone groups is 1. The van der Waals surface area contributed by atoms with E-state index in [0.717, 1.165) is 14.7 Å². The van der Waals surface area contributed by atoms with Crippen molar-refractivity contribution >= 4 is 58.4 Å². The van der Waals surface area contributed by atoms with Gasteiger partial charge in [0.15, 0.2) is 15.0 Å². The molecule has 0 aliphatic heterocycles. The van der Waals surface area contributed by atoms with E-state index in [0.29, 0.717) is 18.2 Å². The number of amides is 1. The number of carbonyl (C=O) groups excluding carboxylic acids is 1. The number of carbonyl (C=O) groups is 1. The fourth-order valence-electron chi connectivity index (χ4n) is 2.80. The Balaban J connectivity index is 2.09. The van der Waals surface area contributed by atoms with Gasteiger partial charge in [-0.05, 0) is 44.4 Å². The first-order chi connectivity index (χ1) is 13.7. The van der Waals surface area contributed by atoms with Crippen LogP contribution in [0.1, 0.15) is 17.3 Å². The van der Waals surface area contributed by atoms with Crippen LogP contribution < -0.4 is 4.90 Å². The third kappa shape index (κ3) is 4.85. The molecule has 0 fully saturated rings. The van der Waals surface area contributed by atoms with E-state index in [1.165, 1.54) is 17.4 Å². The summed E-state index contributed by atoms with van der Waals surface area (Å²) in [6, 6.07) is 12.1. The molecule has 0 radical (unpaired) electrons. The highest BCUT2D eigenvalue weighted by molar-refractivity contribution is 9.10. The van der Waals surface area contributed by atoms with Gasteiger partial charge in [0.2, 0.25) is 0 Å². The zero-order chi connectivity index (χ0) is 21.2. The number of hydrogen-bond donors (Lipinski definition) is 0. The molecule has 6 nitrogen and oxygen atoms in total. The van der Waals surface area contributed by atoms with Crippen molar-refractivity contribution in [3.05, 3.63) is 52.5 Å². The molecule has 0 spiro atoms. The van der Waals surface area contributed by atoms with Crippen LogP contribution in [-0.2, 0) is 9.84 Å². The summed E-state index contributed by atoms with van der Waals surface area (Å²) in [5.41, 5.74) is 0.971. The number of aromatic nitrogens is 1. The molecular weight excluding hydrogens is 474 g/mol. The van der Waals surface area contributed by atoms with Gasteiger partial charge in [-0.1, -0.05) is 46.3 Å². The van der Waals surface area contributed by atoms with E-state index in [-0.39, 0.29) is 22.1 Å². The van der Waals surface area contributed by atoms with E-state index < -0.39 is 9.84 Å². The first kappa shape index (κ1) is 21.9. The summed E-state index contributed by atoms with van der Waals surface area (Å²) >= 11 is 4.87. The number of rotatable bonds is 7. The Kier molecular flexibility index (Phi) is 6.72. The maximum atomic E-state index is 13.5. The van der Waals surface area contributed by atoms with Crippen LogP contribution in [0.25, 0.3) is 10.2 Å². The molecule has 1 heterocycles. The van der Waals surface area contributed by atoms with Gasteiger partial charge in [0, 0.05) is 17.6 Å². The Hall–Kier alpha value is -1.81. The van der Waals surface area contributed by atoms with Crippen LogP contribution in [-0.4, -0.2) is 57.1 Å². The number of thiazole rings is 1. The Bertz CT molecular complexity index is 1140. The second-order valence-corrected chi connectivity index (χ2v) is 10.9. The molecule has 154 valence electrons. The molecule has 0 unspecified atom stereocenters. The third-order valence-electron chi connectivity index (χ3n) is 4.42. The average Bonchev–Trinajstić information content (AvgIpc) is 3.10. The molecule has 2 aromatic carbocycles. The van der Waals surface area contributed by atoms with Crippen molar-refractivity contribution in [3.63, 3.8) is 0 Å². The lowest BCUT2D eigenvalue weighted by atomic mass is 10.2. The van der Waals surface area contributed by atoms with E-state index in [4.69, 9.17) is 0 Å². The first-order valence-electron chi connectivity index (χ1n) is 9.07. The van der Waals surface area contributed by atoms with E-state index in [2.05, 4.69) is 20.9 Å². The molecule has 1 aromatic heterocycles. The van der Waals surface area contributed by atoms with Crippen molar-refractivity contribution in [3.8, 4) is 0 Å². The zero-order valence-corrected chi connectivity index (χ0v) is 19.6. The van der Waals surface area contributed by atoms with Crippen molar-refractivity contribution in [2.24, 2.45) is 0 Å². The summed E-state index contributed by atoms with van der Waals surface area (Å²) in [7, 11) is 0.316. The Morgan fingerprint density at radius 2 is 1.86 bits per heavy atom. The number of likely N-dealkylation sites (N-methyl/N-ethyl adjacent to an activating group) is 1. The normalized spacial score (nSPS) is 11.9. The number of nitrogens with zero attached hydrogens (tertiary/aromatic N) is 3. The average molecular weight is 496 g/mol. The van der Waals surface area contributed by atoms with E-state index in [1.807, 2.05) is 37.2 Å². The maximum Gasteiger partial charge on any atom is 0.261 e. The summed E-state index contributed by atoms with van der Waals surface area (Å²) in [6.45, 7) is 2.59. The number of fused-ring (bicyclic) bond motifs is 1. The van der Waals surface area contributed by atoms with E-state index in [1.54, 1.807) is 30.0 Å². The van der Waals surface area contributed by atoms with E-state index in [9.17, 15) is 13.2 Å². The molecule has 0 atom stereocenters. The van der Waals surface area contributed by atoms with Crippen molar-refractivity contribution in [1.82, 2.24) is 9.88 Å². The van der Waals surface area contributed by atoms with E-state index >= 15 is 0 Å². The van der Waals surface area contributed by atoms with Gasteiger partial charge < -0.3 is 4.90 Å². The van der Waals surface area contributed by atoms with Gasteiger partial charge in [-0.15, -0.1) is 0 Å². The highest BCUT2D eigenvalue weighted by atomic mass is 79.9. The fourth-order valence-corrected chi connectivity index (χ4v) is 5.43. The molecule has 3 rings (SSSR count). The summed E-state index contributed by atoms with van der Waals surface area (Å²) in [5.74, 6) is -0.429. The lowest BCUT2D eigenvalue weighted by molar-refractivity contribution is 0.0982. The largest absolute Gasteiger partial charge is 0.308 e. The number of benzene rings is 2. The van der Waals surface area contributed by atoms with Crippen LogP contribution in [0, 0.1) is 0 Å². The van der Waals surface area contributed by atoms with Gasteiger partial charge in [0.25, 0.3) is 5.91 Å². The predicted octanol–water partition coefficient (Wildman–Crippen LogP) is 4.06. The number of anilines is 1. The summed E-state index contributed by atoms with van der Waals surface area (Å²) in [5, 5.41) is 0.550. The van der Waals surface area contributed by atoms with Crippen LogP contribution in [0.5, 0.6) is 0 Å². The minimum absolute atomic E-state index is 0.0613. The molecule has 9 heteroatoms. The zero-order valence-electron chi connectivity index (χ0n) is 16.4. The first-order valence-corrected chi connectivity index (χ1v) is 12.3. The van der Waals surface area contributed by atoms with Gasteiger partial charge in [-0.2, -0.15) is 0 Å². The maximum absolute atomic E-state index is 13.5. The van der Waals surface area contributed by atoms with Crippen molar-refractivity contribution in [1.29, 1.82) is 0 Å². The van der Waals surface area contributed by atoms with Gasteiger partial charge in [-0.25, -0.2) is 13.4 Å². The van der Waals surface area contributed by atoms with Crippen molar-refractivity contribution in [2.45, 2.75) is 11.8 Å². The van der Waals surface area contributed by atoms with Crippen molar-refractivity contribution < 1.29 is 13.2 Å². The number of halogens is 1. The van der Waals surface area contributed by atoms with Gasteiger partial charge in [-0.3, -0.25) is 9.69 Å². The van der Waals surface area contributed by atoms with Crippen LogP contribution in [0.3, 0.4) is 0 Å². The molecule has 0 N–H and O–H groups in total. The lowest BCUT2D eigenvalue weighted by Crippen LogP contribution is -2.37. The monoisotopic (exact) mass is 495 g/mol. The third-order valence-corrected chi connectivity index (χ3v) is 7.74. The fraction of sp³-hybridized carbons (Fsp3) is 0.300. The highest BCUT2D eigenvalue weighted by Crippen LogP contribution is 2.32. The molecule has 1 amide bonds. The lowest BCUT2D eigenvalue weighted by Gasteiger charge is -2.23. The van der Waals surface area contributed by atoms with Crippen LogP contribution >= 0.6 is 27.3 Å². The van der Waals surface area contributed by atoms with Gasteiger partial charge in [0.05, 0.1) is 26.4 Å². The standard InChI is InChI=1S/C20H22BrN3O3S2/c1-4-29(26,27)18-8-6-5-7-15(18)19(25)24(12-11-23(2)3)20-22-16-10-9-14(21)13-17(16)28-20/h5-10,13H,4,11-12H2,1-3H3. The molecule has 0 aliphatic carbocycles. The summed E-state index contributed by atoms with van der Waals surface area (Å²) in [6.07, 6.45) is 0. The summed E-state index contributed by atoms with van der Waals surface area (Å²) < 4.78 is 27.0. The topological polar surface area (TPSA) is 70.6 Å². The van der Waals surface area contributed by atoms with Crippen LogP contribution in [0.2, 0.25) is 0 Å². The molecular formula is C20H22BrN3O3S2. The Morgan fingerprint density at radius 1 is 1.14 bits per heavy atom. The molecule has 0 saturated heterocycles. The highest BCUT2D eigenvalue weighted by Gasteiger charge is 2.27. The molecule has 0 aliphatic rings. The molecule has 0 saturated carbocycles. The Labute approximate surface area is 183 Å². The minimum atomic E-state index is -3.53. The molecule has 3 aromatic rings. The second kappa shape index (κ2) is 8.91. The van der Waals surface area contributed by atoms with Crippen LogP contribution in [0.4, 0.5) is 5.13 Å². The van der Waals surface area contributed by atoms with Crippen molar-refractivity contribution in [2.75, 3.05) is 37.8 Å². The number of hydrogen-bond acceptors (Lipinski definition) is 6. The smallest absolute Gasteiger partial charge is 0.261 e. The molecule has 0 bridgehead atoms. The Morgan fingerprint density at radius 3 is 2.55 bits per heavy atom. The predicted molar refractivity (Wildman–Crippen MR) is 122 cm³/mol. The SMILES string of the molecule is CCS(=O)(=O)c1ccccc1C(=O)N(CCN(C)C)c1nc2ccc(Br)cc2s1. The summed E-state index contributed by atoms with van der Waals surface area (Å²) in [4.78, 5) is 21.7. The van der Waals surface area contributed by atoms with Gasteiger partial charge in [0.1, 0.15) is 0 Å². The van der Waals surface area contributed by atoms with Gasteiger partial charge >= 0.3 is 0 Å². The van der Waals surface area contributed by atoms with Crippen LogP contribution in [0.15, 0.2) is 51.8 Å². The minimum Gasteiger partial charge on any atom is -0.308 e. The quantitative estimate of drug-likeness (QED) is 0.494. The molecule has 29 heavy (non-hydrogen) atoms.